The van der Waals surface area contributed by atoms with Gasteiger partial charge in [0.05, 0.1) is 37.1 Å². The van der Waals surface area contributed by atoms with Crippen LogP contribution < -0.4 is 9.47 Å². The summed E-state index contributed by atoms with van der Waals surface area (Å²) in [7, 11) is 0. The van der Waals surface area contributed by atoms with Crippen LogP contribution in [0.4, 0.5) is 4.39 Å². The predicted molar refractivity (Wildman–Crippen MR) is 156 cm³/mol. The summed E-state index contributed by atoms with van der Waals surface area (Å²) in [6.45, 7) is 7.87. The summed E-state index contributed by atoms with van der Waals surface area (Å²) in [6, 6.07) is 10.5. The van der Waals surface area contributed by atoms with Crippen molar-refractivity contribution in [2.75, 3.05) is 26.3 Å². The van der Waals surface area contributed by atoms with Crippen molar-refractivity contribution in [1.82, 2.24) is 14.5 Å². The molecule has 42 heavy (non-hydrogen) atoms. The van der Waals surface area contributed by atoms with E-state index < -0.39 is 11.6 Å². The van der Waals surface area contributed by atoms with Gasteiger partial charge < -0.3 is 23.5 Å². The molecule has 2 fully saturated rings. The van der Waals surface area contributed by atoms with Crippen molar-refractivity contribution in [3.8, 4) is 11.5 Å². The highest BCUT2D eigenvalue weighted by molar-refractivity contribution is 6.30. The van der Waals surface area contributed by atoms with E-state index in [1.54, 1.807) is 32.1 Å². The smallest absolute Gasteiger partial charge is 0.330 e. The van der Waals surface area contributed by atoms with Crippen LogP contribution in [0.5, 0.6) is 11.5 Å². The highest BCUT2D eigenvalue weighted by Gasteiger charge is 2.43. The van der Waals surface area contributed by atoms with Gasteiger partial charge in [-0.15, -0.1) is 0 Å². The Balaban J connectivity index is 1.13. The second-order valence-electron chi connectivity index (χ2n) is 11.1. The SMILES string of the molecule is CCOC(=O)/C=C/c1cn(C[C@@H]2CCO2)c(CN2CCC(c3cccc4c3O[C@@](C)(c3ccc(Cl)cc3F)O4)CC2)n1. The van der Waals surface area contributed by atoms with Gasteiger partial charge in [0.1, 0.15) is 11.6 Å². The topological polar surface area (TPSA) is 75.1 Å². The maximum atomic E-state index is 14.8. The van der Waals surface area contributed by atoms with Crippen molar-refractivity contribution in [3.05, 3.63) is 82.2 Å². The van der Waals surface area contributed by atoms with E-state index in [0.29, 0.717) is 35.2 Å². The second kappa shape index (κ2) is 12.1. The summed E-state index contributed by atoms with van der Waals surface area (Å²) in [4.78, 5) is 19.0. The van der Waals surface area contributed by atoms with Gasteiger partial charge in [-0.25, -0.2) is 14.2 Å². The van der Waals surface area contributed by atoms with Crippen LogP contribution in [0.3, 0.4) is 0 Å². The van der Waals surface area contributed by atoms with Crippen LogP contribution in [0, 0.1) is 5.82 Å². The zero-order valence-electron chi connectivity index (χ0n) is 23.9. The van der Waals surface area contributed by atoms with Crippen LogP contribution in [0.25, 0.3) is 6.08 Å². The van der Waals surface area contributed by atoms with E-state index >= 15 is 0 Å². The molecule has 0 amide bonds. The van der Waals surface area contributed by atoms with Crippen molar-refractivity contribution in [3.63, 3.8) is 0 Å². The number of ether oxygens (including phenoxy) is 4. The summed E-state index contributed by atoms with van der Waals surface area (Å²) in [6.07, 6.45) is 8.20. The van der Waals surface area contributed by atoms with Crippen LogP contribution >= 0.6 is 11.6 Å². The Labute approximate surface area is 250 Å². The summed E-state index contributed by atoms with van der Waals surface area (Å²) in [5.41, 5.74) is 2.12. The maximum absolute atomic E-state index is 14.8. The normalized spacial score (nSPS) is 22.4. The highest BCUT2D eigenvalue weighted by atomic mass is 35.5. The molecule has 3 aliphatic heterocycles. The molecule has 222 valence electrons. The van der Waals surface area contributed by atoms with Crippen molar-refractivity contribution in [2.45, 2.75) is 64.0 Å². The molecule has 0 saturated carbocycles. The largest absolute Gasteiger partial charge is 0.463 e. The molecule has 0 bridgehead atoms. The fourth-order valence-corrected chi connectivity index (χ4v) is 6.03. The number of hydrogen-bond donors (Lipinski definition) is 0. The molecule has 3 aromatic rings. The molecule has 10 heteroatoms. The molecule has 2 saturated heterocycles. The molecule has 0 unspecified atom stereocenters. The number of carbonyl (C=O) groups excluding carboxylic acids is 1. The Hall–Kier alpha value is -3.40. The maximum Gasteiger partial charge on any atom is 0.330 e. The van der Waals surface area contributed by atoms with Crippen molar-refractivity contribution < 1.29 is 28.1 Å². The van der Waals surface area contributed by atoms with Gasteiger partial charge in [-0.3, -0.25) is 4.90 Å². The quantitative estimate of drug-likeness (QED) is 0.220. The number of aromatic nitrogens is 2. The number of fused-ring (bicyclic) bond motifs is 1. The first-order valence-electron chi connectivity index (χ1n) is 14.5. The zero-order valence-corrected chi connectivity index (χ0v) is 24.6. The summed E-state index contributed by atoms with van der Waals surface area (Å²) >= 11 is 5.97. The Morgan fingerprint density at radius 3 is 2.74 bits per heavy atom. The third-order valence-electron chi connectivity index (χ3n) is 8.17. The molecule has 0 spiro atoms. The third kappa shape index (κ3) is 6.04. The Morgan fingerprint density at radius 1 is 1.21 bits per heavy atom. The van der Waals surface area contributed by atoms with Crippen LogP contribution in [0.1, 0.15) is 61.7 Å². The molecule has 2 atom stereocenters. The van der Waals surface area contributed by atoms with Gasteiger partial charge >= 0.3 is 5.97 Å². The Morgan fingerprint density at radius 2 is 2.02 bits per heavy atom. The van der Waals surface area contributed by atoms with E-state index in [-0.39, 0.29) is 18.0 Å². The number of imidazole rings is 1. The number of likely N-dealkylation sites (tertiary alicyclic amines) is 1. The lowest BCUT2D eigenvalue weighted by Crippen LogP contribution is -2.35. The number of esters is 1. The van der Waals surface area contributed by atoms with Crippen LogP contribution in [0.2, 0.25) is 5.02 Å². The summed E-state index contributed by atoms with van der Waals surface area (Å²) < 4.78 is 40.1. The van der Waals surface area contributed by atoms with Crippen LogP contribution in [0.15, 0.2) is 48.7 Å². The fourth-order valence-electron chi connectivity index (χ4n) is 5.87. The van der Waals surface area contributed by atoms with Gasteiger partial charge in [0, 0.05) is 36.4 Å². The molecule has 2 aromatic carbocycles. The molecular weight excluding hydrogens is 561 g/mol. The number of nitrogens with zero attached hydrogens (tertiary/aromatic N) is 3. The number of benzene rings is 2. The molecule has 6 rings (SSSR count). The number of rotatable bonds is 9. The van der Waals surface area contributed by atoms with Gasteiger partial charge in [0.25, 0.3) is 5.79 Å². The number of halogens is 2. The summed E-state index contributed by atoms with van der Waals surface area (Å²) in [5.74, 6) is 0.424. The second-order valence-corrected chi connectivity index (χ2v) is 11.5. The third-order valence-corrected chi connectivity index (χ3v) is 8.41. The fraction of sp³-hybridized carbons (Fsp3) is 0.438. The lowest BCUT2D eigenvalue weighted by atomic mass is 9.88. The van der Waals surface area contributed by atoms with Crippen molar-refractivity contribution in [2.24, 2.45) is 0 Å². The van der Waals surface area contributed by atoms with E-state index in [2.05, 4.69) is 15.5 Å². The molecule has 4 heterocycles. The average molecular weight is 596 g/mol. The summed E-state index contributed by atoms with van der Waals surface area (Å²) in [5, 5.41) is 0.325. The molecule has 0 radical (unpaired) electrons. The van der Waals surface area contributed by atoms with E-state index in [9.17, 15) is 9.18 Å². The molecule has 3 aliphatic rings. The van der Waals surface area contributed by atoms with Crippen molar-refractivity contribution in [1.29, 1.82) is 0 Å². The molecule has 1 aromatic heterocycles. The van der Waals surface area contributed by atoms with E-state index in [1.807, 2.05) is 18.3 Å². The minimum atomic E-state index is -1.27. The van der Waals surface area contributed by atoms with Gasteiger partial charge in [0.15, 0.2) is 11.5 Å². The van der Waals surface area contributed by atoms with Crippen molar-refractivity contribution >= 4 is 23.6 Å². The first kappa shape index (κ1) is 28.7. The number of hydrogen-bond acceptors (Lipinski definition) is 7. The Bertz CT molecular complexity index is 1480. The zero-order chi connectivity index (χ0) is 29.3. The molecule has 8 nitrogen and oxygen atoms in total. The monoisotopic (exact) mass is 595 g/mol. The average Bonchev–Trinajstić information content (AvgIpc) is 3.49. The van der Waals surface area contributed by atoms with Gasteiger partial charge in [-0.05, 0) is 75.5 Å². The highest BCUT2D eigenvalue weighted by Crippen LogP contribution is 2.49. The first-order chi connectivity index (χ1) is 20.3. The molecule has 0 N–H and O–H groups in total. The first-order valence-corrected chi connectivity index (χ1v) is 14.9. The van der Waals surface area contributed by atoms with Gasteiger partial charge in [-0.1, -0.05) is 23.7 Å². The van der Waals surface area contributed by atoms with Gasteiger partial charge in [0.2, 0.25) is 0 Å². The van der Waals surface area contributed by atoms with Crippen LogP contribution in [-0.2, 0) is 33.1 Å². The number of para-hydroxylation sites is 1. The van der Waals surface area contributed by atoms with Gasteiger partial charge in [-0.2, -0.15) is 0 Å². The molecular formula is C32H35ClFN3O5. The van der Waals surface area contributed by atoms with E-state index in [1.165, 1.54) is 12.1 Å². The predicted octanol–water partition coefficient (Wildman–Crippen LogP) is 6.06. The van der Waals surface area contributed by atoms with E-state index in [0.717, 1.165) is 62.6 Å². The minimum absolute atomic E-state index is 0.194. The lowest BCUT2D eigenvalue weighted by Gasteiger charge is -2.33. The van der Waals surface area contributed by atoms with Crippen LogP contribution in [-0.4, -0.2) is 52.8 Å². The number of piperidine rings is 1. The minimum Gasteiger partial charge on any atom is -0.463 e. The number of carbonyl (C=O) groups is 1. The Kier molecular flexibility index (Phi) is 8.25. The standard InChI is InChI=1S/C32H35ClFN3O5/c1-3-39-30(38)10-8-23-18-37(19-24-13-16-40-24)29(35-23)20-36-14-11-21(12-15-36)25-5-4-6-28-31(25)42-32(2,41-28)26-9-7-22(33)17-27(26)34/h4-10,17-18,21,24H,3,11-16,19-20H2,1-2H3/b10-8+/t24-,32-/m0/s1. The lowest BCUT2D eigenvalue weighted by molar-refractivity contribution is -0.137. The molecule has 0 aliphatic carbocycles. The van der Waals surface area contributed by atoms with E-state index in [4.69, 9.17) is 35.5 Å².